The number of thiazole rings is 1. The van der Waals surface area contributed by atoms with Gasteiger partial charge in [0.05, 0.1) is 6.54 Å². The van der Waals surface area contributed by atoms with Gasteiger partial charge in [0.1, 0.15) is 5.25 Å². The first-order chi connectivity index (χ1) is 11.1. The highest BCUT2D eigenvalue weighted by Gasteiger charge is 2.40. The fourth-order valence-electron chi connectivity index (χ4n) is 2.16. The molecule has 0 radical (unpaired) electrons. The highest BCUT2D eigenvalue weighted by molar-refractivity contribution is 8.15. The maximum atomic E-state index is 12.3. The summed E-state index contributed by atoms with van der Waals surface area (Å²) in [6.07, 6.45) is 1.54. The van der Waals surface area contributed by atoms with Crippen LogP contribution in [0.5, 0.6) is 0 Å². The van der Waals surface area contributed by atoms with E-state index in [0.717, 1.165) is 17.3 Å². The second-order valence-corrected chi connectivity index (χ2v) is 6.92. The number of anilines is 1. The summed E-state index contributed by atoms with van der Waals surface area (Å²) in [7, 11) is 0. The topological polar surface area (TPSA) is 79.4 Å². The minimum atomic E-state index is -0.675. The molecule has 1 aliphatic rings. The number of hydrogen-bond acceptors (Lipinski definition) is 6. The molecule has 1 fully saturated rings. The summed E-state index contributed by atoms with van der Waals surface area (Å²) in [5, 5.41) is 3.86. The van der Waals surface area contributed by atoms with Crippen LogP contribution in [0.3, 0.4) is 0 Å². The van der Waals surface area contributed by atoms with Crippen LogP contribution in [0.25, 0.3) is 0 Å². The molecule has 1 saturated heterocycles. The molecule has 8 heteroatoms. The monoisotopic (exact) mass is 347 g/mol. The third-order valence-corrected chi connectivity index (χ3v) is 5.00. The molecule has 2 aromatic rings. The number of thioether (sulfide) groups is 1. The molecule has 0 bridgehead atoms. The van der Waals surface area contributed by atoms with E-state index in [0.29, 0.717) is 5.13 Å². The molecule has 3 amide bonds. The largest absolute Gasteiger partial charge is 0.302 e. The summed E-state index contributed by atoms with van der Waals surface area (Å²) in [5.74, 6) is -0.640. The molecule has 3 rings (SSSR count). The van der Waals surface area contributed by atoms with E-state index in [1.165, 1.54) is 16.2 Å². The van der Waals surface area contributed by atoms with E-state index in [2.05, 4.69) is 10.3 Å². The zero-order valence-corrected chi connectivity index (χ0v) is 13.6. The van der Waals surface area contributed by atoms with Gasteiger partial charge in [-0.2, -0.15) is 0 Å². The van der Waals surface area contributed by atoms with Crippen molar-refractivity contribution in [1.82, 2.24) is 9.88 Å². The molecule has 1 N–H and O–H groups in total. The molecule has 0 aliphatic carbocycles. The van der Waals surface area contributed by atoms with E-state index < -0.39 is 5.25 Å². The second kappa shape index (κ2) is 6.93. The third-order valence-electron chi connectivity index (χ3n) is 3.24. The number of rotatable bonds is 5. The molecule has 118 valence electrons. The van der Waals surface area contributed by atoms with Crippen LogP contribution >= 0.6 is 23.1 Å². The molecule has 0 unspecified atom stereocenters. The van der Waals surface area contributed by atoms with Crippen LogP contribution in [-0.4, -0.2) is 32.2 Å². The quantitative estimate of drug-likeness (QED) is 0.900. The normalized spacial score (nSPS) is 17.6. The van der Waals surface area contributed by atoms with Crippen molar-refractivity contribution >= 4 is 45.3 Å². The van der Waals surface area contributed by atoms with E-state index in [1.54, 1.807) is 11.6 Å². The number of nitrogens with zero attached hydrogens (tertiary/aromatic N) is 2. The van der Waals surface area contributed by atoms with Gasteiger partial charge in [0.15, 0.2) is 5.13 Å². The molecule has 1 aliphatic heterocycles. The zero-order chi connectivity index (χ0) is 16.2. The lowest BCUT2D eigenvalue weighted by Crippen LogP contribution is -2.32. The van der Waals surface area contributed by atoms with Crippen LogP contribution in [0.2, 0.25) is 0 Å². The number of hydrogen-bond donors (Lipinski definition) is 1. The van der Waals surface area contributed by atoms with Crippen LogP contribution in [0.4, 0.5) is 9.93 Å². The van der Waals surface area contributed by atoms with Gasteiger partial charge in [-0.1, -0.05) is 42.1 Å². The van der Waals surface area contributed by atoms with Crippen LogP contribution < -0.4 is 5.32 Å². The molecule has 0 saturated carbocycles. The average molecular weight is 347 g/mol. The number of carbonyl (C=O) groups is 3. The molecule has 0 spiro atoms. The van der Waals surface area contributed by atoms with Gasteiger partial charge in [0.25, 0.3) is 5.24 Å². The van der Waals surface area contributed by atoms with Crippen molar-refractivity contribution < 1.29 is 14.4 Å². The Morgan fingerprint density at radius 2 is 2.04 bits per heavy atom. The molecular formula is C15H13N3O3S2. The number of imide groups is 1. The van der Waals surface area contributed by atoms with Gasteiger partial charge >= 0.3 is 0 Å². The number of amides is 3. The van der Waals surface area contributed by atoms with Gasteiger partial charge in [-0.15, -0.1) is 11.3 Å². The summed E-state index contributed by atoms with van der Waals surface area (Å²) in [6.45, 7) is 0.232. The van der Waals surface area contributed by atoms with Gasteiger partial charge in [0, 0.05) is 18.0 Å². The fourth-order valence-corrected chi connectivity index (χ4v) is 3.69. The number of aromatic nitrogens is 1. The summed E-state index contributed by atoms with van der Waals surface area (Å²) in [5.41, 5.74) is 0.877. The molecule has 1 aromatic heterocycles. The molecule has 23 heavy (non-hydrogen) atoms. The minimum absolute atomic E-state index is 0.0416. The maximum absolute atomic E-state index is 12.3. The van der Waals surface area contributed by atoms with Gasteiger partial charge in [-0.25, -0.2) is 4.98 Å². The Kier molecular flexibility index (Phi) is 4.73. The Labute approximate surface area is 140 Å². The Morgan fingerprint density at radius 3 is 2.74 bits per heavy atom. The minimum Gasteiger partial charge on any atom is -0.302 e. The first kappa shape index (κ1) is 15.7. The molecular weight excluding hydrogens is 334 g/mol. The number of carbonyl (C=O) groups excluding carboxylic acids is 3. The lowest BCUT2D eigenvalue weighted by Gasteiger charge is -2.13. The zero-order valence-electron chi connectivity index (χ0n) is 12.0. The predicted molar refractivity (Wildman–Crippen MR) is 89.1 cm³/mol. The van der Waals surface area contributed by atoms with Crippen LogP contribution in [-0.2, 0) is 16.1 Å². The predicted octanol–water partition coefficient (Wildman–Crippen LogP) is 2.74. The first-order valence-electron chi connectivity index (χ1n) is 6.89. The van der Waals surface area contributed by atoms with E-state index >= 15 is 0 Å². The van der Waals surface area contributed by atoms with Gasteiger partial charge in [-0.3, -0.25) is 19.3 Å². The van der Waals surface area contributed by atoms with Crippen LogP contribution in [0, 0.1) is 0 Å². The van der Waals surface area contributed by atoms with Gasteiger partial charge < -0.3 is 5.32 Å². The third kappa shape index (κ3) is 3.77. The lowest BCUT2D eigenvalue weighted by atomic mass is 10.2. The van der Waals surface area contributed by atoms with Crippen LogP contribution in [0.15, 0.2) is 41.9 Å². The average Bonchev–Trinajstić information content (AvgIpc) is 3.12. The Bertz CT molecular complexity index is 719. The van der Waals surface area contributed by atoms with E-state index in [4.69, 9.17) is 0 Å². The Hall–Kier alpha value is -2.19. The summed E-state index contributed by atoms with van der Waals surface area (Å²) < 4.78 is 0. The molecule has 2 heterocycles. The maximum Gasteiger partial charge on any atom is 0.289 e. The van der Waals surface area contributed by atoms with Gasteiger partial charge in [-0.05, 0) is 5.56 Å². The number of nitrogens with one attached hydrogen (secondary N) is 1. The number of benzene rings is 1. The summed E-state index contributed by atoms with van der Waals surface area (Å²) in [6, 6.07) is 9.29. The van der Waals surface area contributed by atoms with Gasteiger partial charge in [0.2, 0.25) is 11.8 Å². The highest BCUT2D eigenvalue weighted by atomic mass is 32.2. The molecule has 6 nitrogen and oxygen atoms in total. The van der Waals surface area contributed by atoms with E-state index in [9.17, 15) is 14.4 Å². The van der Waals surface area contributed by atoms with Crippen molar-refractivity contribution in [2.75, 3.05) is 5.32 Å². The van der Waals surface area contributed by atoms with Crippen molar-refractivity contribution in [1.29, 1.82) is 0 Å². The van der Waals surface area contributed by atoms with Crippen molar-refractivity contribution in [3.63, 3.8) is 0 Å². The first-order valence-corrected chi connectivity index (χ1v) is 8.64. The van der Waals surface area contributed by atoms with E-state index in [-0.39, 0.29) is 30.0 Å². The van der Waals surface area contributed by atoms with Crippen LogP contribution in [0.1, 0.15) is 12.0 Å². The molecule has 1 aromatic carbocycles. The second-order valence-electron chi connectivity index (χ2n) is 4.87. The summed E-state index contributed by atoms with van der Waals surface area (Å²) >= 11 is 2.20. The Morgan fingerprint density at radius 1 is 1.26 bits per heavy atom. The lowest BCUT2D eigenvalue weighted by molar-refractivity contribution is -0.129. The molecule has 1 atom stereocenters. The SMILES string of the molecule is O=C(C[C@H]1SC(=O)N(Cc2ccccc2)C1=O)Nc1nccs1. The smallest absolute Gasteiger partial charge is 0.289 e. The Balaban J connectivity index is 1.60. The standard InChI is InChI=1S/C15H13N3O3S2/c19-12(17-14-16-6-7-22-14)8-11-13(20)18(15(21)23-11)9-10-4-2-1-3-5-10/h1-7,11H,8-9H2,(H,16,17,19)/t11-/m1/s1. The van der Waals surface area contributed by atoms with Crippen molar-refractivity contribution in [3.05, 3.63) is 47.5 Å². The van der Waals surface area contributed by atoms with Crippen molar-refractivity contribution in [2.45, 2.75) is 18.2 Å². The van der Waals surface area contributed by atoms with Crippen molar-refractivity contribution in [3.8, 4) is 0 Å². The fraction of sp³-hybridized carbons (Fsp3) is 0.200. The van der Waals surface area contributed by atoms with Crippen molar-refractivity contribution in [2.24, 2.45) is 0 Å². The summed E-state index contributed by atoms with van der Waals surface area (Å²) in [4.78, 5) is 41.5. The van der Waals surface area contributed by atoms with E-state index in [1.807, 2.05) is 30.3 Å². The highest BCUT2D eigenvalue weighted by Crippen LogP contribution is 2.30.